The van der Waals surface area contributed by atoms with Crippen molar-refractivity contribution in [1.29, 1.82) is 0 Å². The van der Waals surface area contributed by atoms with Gasteiger partial charge in [-0.2, -0.15) is 0 Å². The predicted molar refractivity (Wildman–Crippen MR) is 92.2 cm³/mol. The quantitative estimate of drug-likeness (QED) is 0.923. The van der Waals surface area contributed by atoms with Crippen molar-refractivity contribution in [2.45, 2.75) is 70.6 Å². The lowest BCUT2D eigenvalue weighted by Gasteiger charge is -2.51. The van der Waals surface area contributed by atoms with Crippen LogP contribution in [0.5, 0.6) is 0 Å². The average Bonchev–Trinajstić information content (AvgIpc) is 2.46. The average molecular weight is 315 g/mol. The molecular formula is C20H29NO2. The molecule has 0 aromatic heterocycles. The Kier molecular flexibility index (Phi) is 4.77. The molecule has 126 valence electrons. The first-order valence-electron chi connectivity index (χ1n) is 8.96. The van der Waals surface area contributed by atoms with Gasteiger partial charge in [-0.25, -0.2) is 0 Å². The van der Waals surface area contributed by atoms with Crippen molar-refractivity contribution < 1.29 is 9.53 Å². The highest BCUT2D eigenvalue weighted by Gasteiger charge is 2.48. The fraction of sp³-hybridized carbons (Fsp3) is 0.650. The first kappa shape index (κ1) is 16.5. The van der Waals surface area contributed by atoms with Crippen LogP contribution >= 0.6 is 0 Å². The van der Waals surface area contributed by atoms with E-state index in [1.807, 2.05) is 30.3 Å². The second-order valence-electron chi connectivity index (χ2n) is 7.84. The van der Waals surface area contributed by atoms with E-state index in [1.165, 1.54) is 6.42 Å². The van der Waals surface area contributed by atoms with Gasteiger partial charge in [0.2, 0.25) is 5.91 Å². The molecule has 1 heterocycles. The van der Waals surface area contributed by atoms with E-state index < -0.39 is 0 Å². The number of carbonyl (C=O) groups excluding carboxylic acids is 1. The van der Waals surface area contributed by atoms with Crippen LogP contribution in [0.2, 0.25) is 0 Å². The van der Waals surface area contributed by atoms with E-state index in [2.05, 4.69) is 26.1 Å². The first-order chi connectivity index (χ1) is 11.0. The molecule has 3 nitrogen and oxygen atoms in total. The molecule has 1 N–H and O–H groups in total. The molecular weight excluding hydrogens is 286 g/mol. The van der Waals surface area contributed by atoms with Crippen LogP contribution in [0.25, 0.3) is 0 Å². The number of hydrogen-bond donors (Lipinski definition) is 1. The Hall–Kier alpha value is -1.35. The van der Waals surface area contributed by atoms with Crippen LogP contribution < -0.4 is 5.32 Å². The zero-order valence-corrected chi connectivity index (χ0v) is 14.5. The molecule has 3 heteroatoms. The summed E-state index contributed by atoms with van der Waals surface area (Å²) in [5.74, 6) is 1.30. The molecule has 0 spiro atoms. The topological polar surface area (TPSA) is 38.3 Å². The Bertz CT molecular complexity index is 542. The third-order valence-electron chi connectivity index (χ3n) is 5.62. The summed E-state index contributed by atoms with van der Waals surface area (Å²) in [6.07, 6.45) is 5.39. The zero-order valence-electron chi connectivity index (χ0n) is 14.5. The van der Waals surface area contributed by atoms with Crippen molar-refractivity contribution in [3.8, 4) is 0 Å². The SMILES string of the molecule is C[C@@H]1CC[C@@H]2[C@@H](C1)O[C@@H](C)C[C@@]2(C)NC(=O)Cc1ccccc1. The van der Waals surface area contributed by atoms with E-state index in [0.29, 0.717) is 18.4 Å². The van der Waals surface area contributed by atoms with Crippen LogP contribution in [0.4, 0.5) is 0 Å². The Balaban J connectivity index is 1.70. The van der Waals surface area contributed by atoms with Crippen molar-refractivity contribution >= 4 is 5.91 Å². The van der Waals surface area contributed by atoms with Gasteiger partial charge in [0.05, 0.1) is 18.6 Å². The number of ether oxygens (including phenoxy) is 1. The van der Waals surface area contributed by atoms with Crippen LogP contribution in [0.15, 0.2) is 30.3 Å². The van der Waals surface area contributed by atoms with Gasteiger partial charge in [-0.15, -0.1) is 0 Å². The highest BCUT2D eigenvalue weighted by atomic mass is 16.5. The Morgan fingerprint density at radius 1 is 1.26 bits per heavy atom. The minimum absolute atomic E-state index is 0.130. The third kappa shape index (κ3) is 3.77. The molecule has 1 aliphatic heterocycles. The lowest BCUT2D eigenvalue weighted by atomic mass is 9.67. The smallest absolute Gasteiger partial charge is 0.224 e. The number of fused-ring (bicyclic) bond motifs is 1. The van der Waals surface area contributed by atoms with Gasteiger partial charge in [0.1, 0.15) is 0 Å². The molecule has 23 heavy (non-hydrogen) atoms. The van der Waals surface area contributed by atoms with Crippen molar-refractivity contribution in [2.75, 3.05) is 0 Å². The highest BCUT2D eigenvalue weighted by Crippen LogP contribution is 2.43. The summed E-state index contributed by atoms with van der Waals surface area (Å²) >= 11 is 0. The summed E-state index contributed by atoms with van der Waals surface area (Å²) in [6.45, 7) is 6.67. The molecule has 1 saturated carbocycles. The van der Waals surface area contributed by atoms with Gasteiger partial charge >= 0.3 is 0 Å². The highest BCUT2D eigenvalue weighted by molar-refractivity contribution is 5.79. The molecule has 5 atom stereocenters. The summed E-state index contributed by atoms with van der Waals surface area (Å²) < 4.78 is 6.20. The van der Waals surface area contributed by atoms with Crippen LogP contribution in [0.1, 0.15) is 52.0 Å². The third-order valence-corrected chi connectivity index (χ3v) is 5.62. The number of nitrogens with one attached hydrogen (secondary N) is 1. The largest absolute Gasteiger partial charge is 0.375 e. The second kappa shape index (κ2) is 6.64. The lowest BCUT2D eigenvalue weighted by Crippen LogP contribution is -2.61. The minimum Gasteiger partial charge on any atom is -0.375 e. The summed E-state index contributed by atoms with van der Waals surface area (Å²) in [4.78, 5) is 12.6. The van der Waals surface area contributed by atoms with E-state index in [1.54, 1.807) is 0 Å². The molecule has 0 unspecified atom stereocenters. The van der Waals surface area contributed by atoms with Crippen LogP contribution in [0, 0.1) is 11.8 Å². The monoisotopic (exact) mass is 315 g/mol. The molecule has 1 saturated heterocycles. The lowest BCUT2D eigenvalue weighted by molar-refractivity contribution is -0.147. The number of carbonyl (C=O) groups is 1. The Morgan fingerprint density at radius 2 is 2.00 bits per heavy atom. The van der Waals surface area contributed by atoms with E-state index in [4.69, 9.17) is 4.74 Å². The molecule has 0 radical (unpaired) electrons. The first-order valence-corrected chi connectivity index (χ1v) is 8.96. The fourth-order valence-corrected chi connectivity index (χ4v) is 4.59. The van der Waals surface area contributed by atoms with Crippen LogP contribution in [0.3, 0.4) is 0 Å². The van der Waals surface area contributed by atoms with E-state index in [0.717, 1.165) is 30.7 Å². The standard InChI is InChI=1S/C20H29NO2/c1-14-9-10-17-18(11-14)23-15(2)13-20(17,3)21-19(22)12-16-7-5-4-6-8-16/h4-8,14-15,17-18H,9-13H2,1-3H3,(H,21,22)/t14-,15+,17-,18-,20-/m1/s1. The minimum atomic E-state index is -0.145. The van der Waals surface area contributed by atoms with Gasteiger partial charge in [0.15, 0.2) is 0 Å². The number of benzene rings is 1. The molecule has 1 aliphatic carbocycles. The van der Waals surface area contributed by atoms with Crippen molar-refractivity contribution in [3.63, 3.8) is 0 Å². The van der Waals surface area contributed by atoms with Crippen molar-refractivity contribution in [2.24, 2.45) is 11.8 Å². The van der Waals surface area contributed by atoms with E-state index in [-0.39, 0.29) is 17.6 Å². The van der Waals surface area contributed by atoms with E-state index in [9.17, 15) is 4.79 Å². The fourth-order valence-electron chi connectivity index (χ4n) is 4.59. The molecule has 2 fully saturated rings. The second-order valence-corrected chi connectivity index (χ2v) is 7.84. The summed E-state index contributed by atoms with van der Waals surface area (Å²) in [6, 6.07) is 9.98. The molecule has 3 rings (SSSR count). The maximum Gasteiger partial charge on any atom is 0.224 e. The predicted octanol–water partition coefficient (Wildman–Crippen LogP) is 3.72. The zero-order chi connectivity index (χ0) is 16.4. The van der Waals surface area contributed by atoms with Gasteiger partial charge in [-0.05, 0) is 44.6 Å². The summed E-state index contributed by atoms with van der Waals surface area (Å²) in [5.41, 5.74) is 0.927. The maximum absolute atomic E-state index is 12.6. The number of amides is 1. The van der Waals surface area contributed by atoms with E-state index >= 15 is 0 Å². The molecule has 2 aliphatic rings. The summed E-state index contributed by atoms with van der Waals surface area (Å²) in [7, 11) is 0. The van der Waals surface area contributed by atoms with Gasteiger partial charge < -0.3 is 10.1 Å². The van der Waals surface area contributed by atoms with Gasteiger partial charge in [-0.3, -0.25) is 4.79 Å². The van der Waals surface area contributed by atoms with Crippen LogP contribution in [-0.2, 0) is 16.0 Å². The normalized spacial score (nSPS) is 37.0. The number of rotatable bonds is 3. The van der Waals surface area contributed by atoms with Crippen LogP contribution in [-0.4, -0.2) is 23.7 Å². The molecule has 0 bridgehead atoms. The Labute approximate surface area is 139 Å². The molecule has 1 amide bonds. The molecule has 1 aromatic carbocycles. The number of hydrogen-bond acceptors (Lipinski definition) is 2. The van der Waals surface area contributed by atoms with Crippen molar-refractivity contribution in [1.82, 2.24) is 5.32 Å². The van der Waals surface area contributed by atoms with Gasteiger partial charge in [-0.1, -0.05) is 43.7 Å². The van der Waals surface area contributed by atoms with Crippen molar-refractivity contribution in [3.05, 3.63) is 35.9 Å². The maximum atomic E-state index is 12.6. The summed E-state index contributed by atoms with van der Waals surface area (Å²) in [5, 5.41) is 3.37. The van der Waals surface area contributed by atoms with Gasteiger partial charge in [0, 0.05) is 11.5 Å². The molecule has 1 aromatic rings. The van der Waals surface area contributed by atoms with Gasteiger partial charge in [0.25, 0.3) is 0 Å². The Morgan fingerprint density at radius 3 is 2.74 bits per heavy atom.